The summed E-state index contributed by atoms with van der Waals surface area (Å²) in [7, 11) is 0. The second-order valence-electron chi connectivity index (χ2n) is 2.71. The van der Waals surface area contributed by atoms with Gasteiger partial charge < -0.3 is 0 Å². The van der Waals surface area contributed by atoms with E-state index < -0.39 is 0 Å². The van der Waals surface area contributed by atoms with E-state index in [0.29, 0.717) is 0 Å². The summed E-state index contributed by atoms with van der Waals surface area (Å²) in [5, 5.41) is 0. The van der Waals surface area contributed by atoms with Gasteiger partial charge in [-0.3, -0.25) is 4.90 Å². The average Bonchev–Trinajstić information content (AvgIpc) is 1.88. The molecule has 0 aromatic carbocycles. The summed E-state index contributed by atoms with van der Waals surface area (Å²) in [4.78, 5) is 2.44. The fourth-order valence-corrected chi connectivity index (χ4v) is 1.45. The predicted molar refractivity (Wildman–Crippen MR) is 45.3 cm³/mol. The zero-order valence-corrected chi connectivity index (χ0v) is 7.14. The maximum Gasteiger partial charge on any atom is 0.0177 e. The Morgan fingerprint density at radius 3 is 2.90 bits per heavy atom. The molecule has 0 aliphatic carbocycles. The Bertz CT molecular complexity index is 120. The molecule has 58 valence electrons. The minimum absolute atomic E-state index is 0.827. The molecule has 1 atom stereocenters. The van der Waals surface area contributed by atoms with Crippen LogP contribution in [0, 0.1) is 0 Å². The molecule has 0 aromatic rings. The Hall–Kier alpha value is -0.0100. The van der Waals surface area contributed by atoms with E-state index >= 15 is 0 Å². The van der Waals surface area contributed by atoms with E-state index in [9.17, 15) is 0 Å². The van der Waals surface area contributed by atoms with Gasteiger partial charge in [0.25, 0.3) is 0 Å². The van der Waals surface area contributed by atoms with Crippen molar-refractivity contribution in [2.75, 3.05) is 13.1 Å². The molecule has 10 heavy (non-hydrogen) atoms. The van der Waals surface area contributed by atoms with Crippen molar-refractivity contribution in [2.45, 2.75) is 25.8 Å². The summed E-state index contributed by atoms with van der Waals surface area (Å²) in [6.45, 7) is 4.52. The summed E-state index contributed by atoms with van der Waals surface area (Å²) in [6.07, 6.45) is 4.64. The number of halogens is 1. The van der Waals surface area contributed by atoms with E-state index in [1.165, 1.54) is 19.4 Å². The SMILES string of the molecule is CCC1CCN1C/C=C/Cl. The maximum atomic E-state index is 5.41. The number of hydrogen-bond donors (Lipinski definition) is 0. The van der Waals surface area contributed by atoms with Crippen LogP contribution < -0.4 is 0 Å². The molecule has 1 unspecified atom stereocenters. The lowest BCUT2D eigenvalue weighted by atomic mass is 10.0. The standard InChI is InChI=1S/C8H14ClN/c1-2-8-4-7-10(8)6-3-5-9/h3,5,8H,2,4,6-7H2,1H3/b5-3+. The predicted octanol–water partition coefficient (Wildman–Crippen LogP) is 2.22. The van der Waals surface area contributed by atoms with Gasteiger partial charge in [0.1, 0.15) is 0 Å². The summed E-state index contributed by atoms with van der Waals surface area (Å²) in [5.74, 6) is 0. The molecule has 1 aliphatic rings. The summed E-state index contributed by atoms with van der Waals surface area (Å²) >= 11 is 5.41. The third kappa shape index (κ3) is 1.74. The van der Waals surface area contributed by atoms with E-state index in [-0.39, 0.29) is 0 Å². The van der Waals surface area contributed by atoms with Gasteiger partial charge in [-0.2, -0.15) is 0 Å². The van der Waals surface area contributed by atoms with Crippen molar-refractivity contribution in [3.05, 3.63) is 11.6 Å². The normalized spacial score (nSPS) is 27.2. The van der Waals surface area contributed by atoms with Crippen molar-refractivity contribution >= 4 is 11.6 Å². The van der Waals surface area contributed by atoms with E-state index in [0.717, 1.165) is 12.6 Å². The molecule has 1 fully saturated rings. The molecule has 0 N–H and O–H groups in total. The monoisotopic (exact) mass is 159 g/mol. The highest BCUT2D eigenvalue weighted by atomic mass is 35.5. The molecule has 0 spiro atoms. The van der Waals surface area contributed by atoms with Crippen LogP contribution in [-0.4, -0.2) is 24.0 Å². The first-order chi connectivity index (χ1) is 4.88. The lowest BCUT2D eigenvalue weighted by molar-refractivity contribution is 0.103. The van der Waals surface area contributed by atoms with Gasteiger partial charge in [0.2, 0.25) is 0 Å². The van der Waals surface area contributed by atoms with Crippen LogP contribution in [0.3, 0.4) is 0 Å². The first-order valence-corrected chi connectivity index (χ1v) is 4.31. The lowest BCUT2D eigenvalue weighted by Crippen LogP contribution is -2.46. The summed E-state index contributed by atoms with van der Waals surface area (Å²) in [5.41, 5.74) is 1.60. The van der Waals surface area contributed by atoms with Crippen molar-refractivity contribution in [2.24, 2.45) is 0 Å². The van der Waals surface area contributed by atoms with E-state index in [1.54, 1.807) is 5.54 Å². The largest absolute Gasteiger partial charge is 0.297 e. The molecule has 0 bridgehead atoms. The van der Waals surface area contributed by atoms with Gasteiger partial charge in [0, 0.05) is 24.7 Å². The summed E-state index contributed by atoms with van der Waals surface area (Å²) < 4.78 is 0. The lowest BCUT2D eigenvalue weighted by Gasteiger charge is -2.39. The third-order valence-corrected chi connectivity index (χ3v) is 2.34. The van der Waals surface area contributed by atoms with Crippen LogP contribution in [0.15, 0.2) is 11.6 Å². The van der Waals surface area contributed by atoms with Crippen molar-refractivity contribution < 1.29 is 0 Å². The van der Waals surface area contributed by atoms with Crippen LogP contribution in [-0.2, 0) is 0 Å². The summed E-state index contributed by atoms with van der Waals surface area (Å²) in [6, 6.07) is 0.827. The molecule has 0 aromatic heterocycles. The molecular weight excluding hydrogens is 146 g/mol. The zero-order chi connectivity index (χ0) is 7.40. The Kier molecular flexibility index (Phi) is 3.23. The number of nitrogens with zero attached hydrogens (tertiary/aromatic N) is 1. The molecule has 0 radical (unpaired) electrons. The average molecular weight is 160 g/mol. The minimum atomic E-state index is 0.827. The van der Waals surface area contributed by atoms with Crippen LogP contribution in [0.1, 0.15) is 19.8 Å². The van der Waals surface area contributed by atoms with Crippen molar-refractivity contribution in [3.8, 4) is 0 Å². The van der Waals surface area contributed by atoms with Gasteiger partial charge in [-0.1, -0.05) is 24.6 Å². The van der Waals surface area contributed by atoms with Crippen LogP contribution in [0.2, 0.25) is 0 Å². The van der Waals surface area contributed by atoms with Crippen LogP contribution in [0.5, 0.6) is 0 Å². The van der Waals surface area contributed by atoms with Gasteiger partial charge in [-0.25, -0.2) is 0 Å². The van der Waals surface area contributed by atoms with Crippen LogP contribution in [0.4, 0.5) is 0 Å². The Morgan fingerprint density at radius 2 is 2.50 bits per heavy atom. The molecule has 1 nitrogen and oxygen atoms in total. The quantitative estimate of drug-likeness (QED) is 0.611. The van der Waals surface area contributed by atoms with Crippen molar-refractivity contribution in [1.82, 2.24) is 4.90 Å². The molecule has 1 rings (SSSR count). The smallest absolute Gasteiger partial charge is 0.0177 e. The van der Waals surface area contributed by atoms with Gasteiger partial charge in [0.15, 0.2) is 0 Å². The van der Waals surface area contributed by atoms with Crippen LogP contribution >= 0.6 is 11.6 Å². The maximum absolute atomic E-state index is 5.41. The fourth-order valence-electron chi connectivity index (χ4n) is 1.37. The molecule has 1 aliphatic heterocycles. The van der Waals surface area contributed by atoms with Gasteiger partial charge in [0.05, 0.1) is 0 Å². The van der Waals surface area contributed by atoms with Gasteiger partial charge in [-0.05, 0) is 12.8 Å². The molecular formula is C8H14ClN. The first-order valence-electron chi connectivity index (χ1n) is 3.87. The molecule has 0 saturated carbocycles. The van der Waals surface area contributed by atoms with Crippen molar-refractivity contribution in [3.63, 3.8) is 0 Å². The van der Waals surface area contributed by atoms with E-state index in [2.05, 4.69) is 11.8 Å². The Labute approximate surface area is 67.7 Å². The first kappa shape index (κ1) is 8.09. The molecule has 0 amide bonds. The number of rotatable bonds is 3. The Balaban J connectivity index is 2.16. The highest BCUT2D eigenvalue weighted by molar-refractivity contribution is 6.25. The van der Waals surface area contributed by atoms with Crippen molar-refractivity contribution in [1.29, 1.82) is 0 Å². The zero-order valence-electron chi connectivity index (χ0n) is 6.39. The topological polar surface area (TPSA) is 3.24 Å². The van der Waals surface area contributed by atoms with E-state index in [4.69, 9.17) is 11.6 Å². The van der Waals surface area contributed by atoms with Gasteiger partial charge in [-0.15, -0.1) is 0 Å². The number of hydrogen-bond acceptors (Lipinski definition) is 1. The van der Waals surface area contributed by atoms with E-state index in [1.807, 2.05) is 6.08 Å². The highest BCUT2D eigenvalue weighted by Gasteiger charge is 2.24. The van der Waals surface area contributed by atoms with Crippen LogP contribution in [0.25, 0.3) is 0 Å². The molecule has 1 heterocycles. The molecule has 2 heteroatoms. The second kappa shape index (κ2) is 3.99. The minimum Gasteiger partial charge on any atom is -0.297 e. The second-order valence-corrected chi connectivity index (χ2v) is 2.96. The van der Waals surface area contributed by atoms with Gasteiger partial charge >= 0.3 is 0 Å². The number of likely N-dealkylation sites (tertiary alicyclic amines) is 1. The molecule has 1 saturated heterocycles. The highest BCUT2D eigenvalue weighted by Crippen LogP contribution is 2.19. The Morgan fingerprint density at radius 1 is 1.70 bits per heavy atom. The fraction of sp³-hybridized carbons (Fsp3) is 0.750. The third-order valence-electron chi connectivity index (χ3n) is 2.17.